The van der Waals surface area contributed by atoms with Crippen molar-refractivity contribution in [2.45, 2.75) is 19.8 Å². The molecule has 128 valence electrons. The van der Waals surface area contributed by atoms with Gasteiger partial charge < -0.3 is 9.47 Å². The summed E-state index contributed by atoms with van der Waals surface area (Å²) in [6.45, 7) is 2.10. The van der Waals surface area contributed by atoms with Gasteiger partial charge in [-0.1, -0.05) is 13.3 Å². The maximum Gasteiger partial charge on any atom is 0.287 e. The molecule has 0 unspecified atom stereocenters. The molecular formula is C18H17N3O4. The molecule has 0 amide bonds. The summed E-state index contributed by atoms with van der Waals surface area (Å²) in [6.07, 6.45) is 4.68. The fraction of sp³-hybridized carbons (Fsp3) is 0.222. The van der Waals surface area contributed by atoms with Crippen LogP contribution in [0.3, 0.4) is 0 Å². The van der Waals surface area contributed by atoms with E-state index in [2.05, 4.69) is 16.9 Å². The zero-order chi connectivity index (χ0) is 17.8. The van der Waals surface area contributed by atoms with Crippen LogP contribution in [0.1, 0.15) is 18.9 Å². The highest BCUT2D eigenvalue weighted by Crippen LogP contribution is 2.33. The smallest absolute Gasteiger partial charge is 0.287 e. The first-order valence-electron chi connectivity index (χ1n) is 7.86. The number of fused-ring (bicyclic) bond motifs is 1. The molecule has 0 aliphatic rings. The summed E-state index contributed by atoms with van der Waals surface area (Å²) < 4.78 is 11.3. The van der Waals surface area contributed by atoms with Crippen molar-refractivity contribution in [2.75, 3.05) is 7.11 Å². The monoisotopic (exact) mass is 339 g/mol. The average molecular weight is 339 g/mol. The molecule has 0 aliphatic carbocycles. The third-order valence-electron chi connectivity index (χ3n) is 3.77. The van der Waals surface area contributed by atoms with Crippen LogP contribution in [0.15, 0.2) is 42.7 Å². The van der Waals surface area contributed by atoms with Crippen LogP contribution >= 0.6 is 0 Å². The summed E-state index contributed by atoms with van der Waals surface area (Å²) in [5.41, 5.74) is 1.74. The number of aromatic nitrogens is 2. The van der Waals surface area contributed by atoms with Crippen molar-refractivity contribution >= 4 is 16.6 Å². The molecule has 3 aromatic rings. The van der Waals surface area contributed by atoms with Crippen LogP contribution in [-0.2, 0) is 6.42 Å². The van der Waals surface area contributed by atoms with E-state index in [9.17, 15) is 10.1 Å². The van der Waals surface area contributed by atoms with E-state index in [1.807, 2.05) is 12.1 Å². The van der Waals surface area contributed by atoms with Crippen molar-refractivity contribution in [1.82, 2.24) is 9.97 Å². The van der Waals surface area contributed by atoms with E-state index < -0.39 is 4.92 Å². The summed E-state index contributed by atoms with van der Waals surface area (Å²) in [6, 6.07) is 8.47. The normalized spacial score (nSPS) is 10.6. The van der Waals surface area contributed by atoms with Crippen molar-refractivity contribution < 1.29 is 14.4 Å². The number of pyridine rings is 2. The minimum atomic E-state index is -0.498. The molecule has 7 nitrogen and oxygen atoms in total. The molecule has 25 heavy (non-hydrogen) atoms. The molecule has 0 spiro atoms. The van der Waals surface area contributed by atoms with Crippen LogP contribution in [0.4, 0.5) is 5.69 Å². The second-order valence-electron chi connectivity index (χ2n) is 5.45. The molecule has 3 rings (SSSR count). The van der Waals surface area contributed by atoms with Crippen LogP contribution in [0.25, 0.3) is 10.9 Å². The minimum absolute atomic E-state index is 0.0816. The maximum absolute atomic E-state index is 10.7. The molecule has 0 aliphatic heterocycles. The van der Waals surface area contributed by atoms with Crippen LogP contribution in [0.5, 0.6) is 17.4 Å². The van der Waals surface area contributed by atoms with Gasteiger partial charge in [-0.25, -0.2) is 4.98 Å². The lowest BCUT2D eigenvalue weighted by atomic mass is 10.0. The van der Waals surface area contributed by atoms with Gasteiger partial charge in [0.15, 0.2) is 0 Å². The van der Waals surface area contributed by atoms with Gasteiger partial charge >= 0.3 is 0 Å². The Morgan fingerprint density at radius 3 is 2.64 bits per heavy atom. The molecule has 0 saturated carbocycles. The topological polar surface area (TPSA) is 87.4 Å². The quantitative estimate of drug-likeness (QED) is 0.492. The van der Waals surface area contributed by atoms with Crippen molar-refractivity contribution in [2.24, 2.45) is 0 Å². The van der Waals surface area contributed by atoms with Crippen molar-refractivity contribution in [3.63, 3.8) is 0 Å². The number of ether oxygens (including phenoxy) is 2. The third kappa shape index (κ3) is 3.50. The standard InChI is InChI=1S/C18H17N3O4/c1-3-4-12-9-14-15(10-17(12)24-2)19-8-7-16(14)25-18-6-5-13(11-20-18)21(22)23/h5-11H,3-4H2,1-2H3. The summed E-state index contributed by atoms with van der Waals surface area (Å²) in [5, 5.41) is 11.5. The van der Waals surface area contributed by atoms with E-state index in [0.717, 1.165) is 35.1 Å². The summed E-state index contributed by atoms with van der Waals surface area (Å²) in [4.78, 5) is 18.6. The first-order valence-corrected chi connectivity index (χ1v) is 7.86. The third-order valence-corrected chi connectivity index (χ3v) is 3.77. The minimum Gasteiger partial charge on any atom is -0.496 e. The lowest BCUT2D eigenvalue weighted by molar-refractivity contribution is -0.385. The molecule has 1 aromatic carbocycles. The molecule has 0 N–H and O–H groups in total. The van der Waals surface area contributed by atoms with Gasteiger partial charge in [-0.15, -0.1) is 0 Å². The van der Waals surface area contributed by atoms with Gasteiger partial charge in [0.2, 0.25) is 5.88 Å². The van der Waals surface area contributed by atoms with Crippen molar-refractivity contribution in [1.29, 1.82) is 0 Å². The average Bonchev–Trinajstić information content (AvgIpc) is 2.62. The first kappa shape index (κ1) is 16.6. The zero-order valence-corrected chi connectivity index (χ0v) is 13.9. The van der Waals surface area contributed by atoms with Gasteiger partial charge in [0.25, 0.3) is 5.69 Å². The number of methoxy groups -OCH3 is 1. The Hall–Kier alpha value is -3.22. The summed E-state index contributed by atoms with van der Waals surface area (Å²) >= 11 is 0. The fourth-order valence-corrected chi connectivity index (χ4v) is 2.59. The summed E-state index contributed by atoms with van der Waals surface area (Å²) in [7, 11) is 1.64. The zero-order valence-electron chi connectivity index (χ0n) is 13.9. The van der Waals surface area contributed by atoms with Gasteiger partial charge in [-0.3, -0.25) is 15.1 Å². The number of aryl methyl sites for hydroxylation is 1. The van der Waals surface area contributed by atoms with Crippen LogP contribution in [0, 0.1) is 10.1 Å². The Balaban J connectivity index is 2.00. The van der Waals surface area contributed by atoms with Gasteiger partial charge in [0, 0.05) is 29.8 Å². The molecule has 7 heteroatoms. The Kier molecular flexibility index (Phi) is 4.74. The van der Waals surface area contributed by atoms with E-state index in [1.54, 1.807) is 19.4 Å². The second kappa shape index (κ2) is 7.12. The van der Waals surface area contributed by atoms with Gasteiger partial charge in [0.1, 0.15) is 17.7 Å². The van der Waals surface area contributed by atoms with Gasteiger partial charge in [-0.2, -0.15) is 0 Å². The number of benzene rings is 1. The Bertz CT molecular complexity index is 910. The molecule has 2 aromatic heterocycles. The SMILES string of the molecule is CCCc1cc2c(Oc3ccc([N+](=O)[O-])cn3)ccnc2cc1OC. The first-order chi connectivity index (χ1) is 12.1. The largest absolute Gasteiger partial charge is 0.496 e. The Morgan fingerprint density at radius 2 is 2.00 bits per heavy atom. The summed E-state index contributed by atoms with van der Waals surface area (Å²) in [5.74, 6) is 1.67. The van der Waals surface area contributed by atoms with Crippen LogP contribution < -0.4 is 9.47 Å². The van der Waals surface area contributed by atoms with Crippen LogP contribution in [-0.4, -0.2) is 22.0 Å². The van der Waals surface area contributed by atoms with Crippen molar-refractivity contribution in [3.8, 4) is 17.4 Å². The molecule has 0 atom stereocenters. The molecule has 0 radical (unpaired) electrons. The number of hydrogen-bond donors (Lipinski definition) is 0. The molecular weight excluding hydrogens is 322 g/mol. The number of rotatable bonds is 6. The van der Waals surface area contributed by atoms with E-state index in [4.69, 9.17) is 9.47 Å². The van der Waals surface area contributed by atoms with Gasteiger partial charge in [0.05, 0.1) is 17.5 Å². The van der Waals surface area contributed by atoms with E-state index in [0.29, 0.717) is 5.75 Å². The highest BCUT2D eigenvalue weighted by atomic mass is 16.6. The van der Waals surface area contributed by atoms with Crippen LogP contribution in [0.2, 0.25) is 0 Å². The lowest BCUT2D eigenvalue weighted by Crippen LogP contribution is -1.96. The van der Waals surface area contributed by atoms with E-state index in [1.165, 1.54) is 18.3 Å². The predicted octanol–water partition coefficient (Wildman–Crippen LogP) is 4.29. The molecule has 0 bridgehead atoms. The molecule has 0 saturated heterocycles. The van der Waals surface area contributed by atoms with E-state index in [-0.39, 0.29) is 11.6 Å². The highest BCUT2D eigenvalue weighted by molar-refractivity contribution is 5.87. The second-order valence-corrected chi connectivity index (χ2v) is 5.45. The fourth-order valence-electron chi connectivity index (χ4n) is 2.59. The number of nitro groups is 1. The number of hydrogen-bond acceptors (Lipinski definition) is 6. The maximum atomic E-state index is 10.7. The predicted molar refractivity (Wildman–Crippen MR) is 93.3 cm³/mol. The Labute approximate surface area is 144 Å². The van der Waals surface area contributed by atoms with E-state index >= 15 is 0 Å². The van der Waals surface area contributed by atoms with Gasteiger partial charge in [-0.05, 0) is 24.1 Å². The molecule has 2 heterocycles. The number of nitrogens with zero attached hydrogens (tertiary/aromatic N) is 3. The highest BCUT2D eigenvalue weighted by Gasteiger charge is 2.12. The van der Waals surface area contributed by atoms with Crippen molar-refractivity contribution in [3.05, 3.63) is 58.4 Å². The lowest BCUT2D eigenvalue weighted by Gasteiger charge is -2.12. The Morgan fingerprint density at radius 1 is 1.16 bits per heavy atom. The molecule has 0 fully saturated rings.